The fourth-order valence-corrected chi connectivity index (χ4v) is 8.40. The quantitative estimate of drug-likeness (QED) is 0.163. The lowest BCUT2D eigenvalue weighted by Gasteiger charge is -2.26. The van der Waals surface area contributed by atoms with Crippen molar-refractivity contribution in [1.82, 2.24) is 4.57 Å². The topological polar surface area (TPSA) is 21.3 Å². The van der Waals surface area contributed by atoms with Gasteiger partial charge in [-0.2, -0.15) is 0 Å². The maximum Gasteiger partial charge on any atom is 0.136 e. The first kappa shape index (κ1) is 32.8. The lowest BCUT2D eigenvalue weighted by Crippen LogP contribution is -2.10. The first-order valence-corrected chi connectivity index (χ1v) is 19.4. The van der Waals surface area contributed by atoms with Crippen molar-refractivity contribution in [3.05, 3.63) is 218 Å². The third-order valence-corrected chi connectivity index (χ3v) is 11.2. The Morgan fingerprint density at radius 3 is 1.28 bits per heavy atom. The van der Waals surface area contributed by atoms with E-state index in [1.165, 1.54) is 44.1 Å². The van der Waals surface area contributed by atoms with Crippen molar-refractivity contribution in [3.63, 3.8) is 0 Å². The molecule has 11 aromatic rings. The van der Waals surface area contributed by atoms with Crippen LogP contribution in [0.15, 0.2) is 223 Å². The Labute approximate surface area is 330 Å². The number of hydrogen-bond acceptors (Lipinski definition) is 2. The van der Waals surface area contributed by atoms with Gasteiger partial charge in [0, 0.05) is 44.3 Å². The molecule has 57 heavy (non-hydrogen) atoms. The highest BCUT2D eigenvalue weighted by Crippen LogP contribution is 2.39. The third-order valence-electron chi connectivity index (χ3n) is 11.2. The van der Waals surface area contributed by atoms with Crippen LogP contribution in [0.2, 0.25) is 0 Å². The van der Waals surface area contributed by atoms with Crippen molar-refractivity contribution in [2.75, 3.05) is 4.90 Å². The highest BCUT2D eigenvalue weighted by Gasteiger charge is 2.16. The summed E-state index contributed by atoms with van der Waals surface area (Å²) in [6.45, 7) is 0. The zero-order valence-corrected chi connectivity index (χ0v) is 31.1. The number of rotatable bonds is 7. The molecule has 0 radical (unpaired) electrons. The van der Waals surface area contributed by atoms with Crippen LogP contribution in [0.4, 0.5) is 17.1 Å². The Kier molecular flexibility index (Phi) is 7.82. The van der Waals surface area contributed by atoms with E-state index in [2.05, 4.69) is 216 Å². The van der Waals surface area contributed by atoms with Crippen LogP contribution in [0.3, 0.4) is 0 Å². The van der Waals surface area contributed by atoms with Crippen LogP contribution in [-0.2, 0) is 0 Å². The average Bonchev–Trinajstić information content (AvgIpc) is 3.83. The molecule has 268 valence electrons. The molecule has 0 unspecified atom stereocenters. The molecule has 0 bridgehead atoms. The van der Waals surface area contributed by atoms with E-state index in [0.29, 0.717) is 0 Å². The molecule has 0 saturated carbocycles. The summed E-state index contributed by atoms with van der Waals surface area (Å²) in [6, 6.07) is 78.1. The molecule has 3 nitrogen and oxygen atoms in total. The number of para-hydroxylation sites is 3. The van der Waals surface area contributed by atoms with Gasteiger partial charge in [-0.05, 0) is 112 Å². The Balaban J connectivity index is 0.968. The highest BCUT2D eigenvalue weighted by molar-refractivity contribution is 6.09. The van der Waals surface area contributed by atoms with E-state index in [0.717, 1.165) is 55.8 Å². The Morgan fingerprint density at radius 2 is 0.702 bits per heavy atom. The van der Waals surface area contributed by atoms with E-state index in [4.69, 9.17) is 4.42 Å². The second-order valence-corrected chi connectivity index (χ2v) is 14.6. The van der Waals surface area contributed by atoms with Gasteiger partial charge in [0.1, 0.15) is 11.2 Å². The van der Waals surface area contributed by atoms with E-state index in [1.54, 1.807) is 0 Å². The van der Waals surface area contributed by atoms with Crippen LogP contribution in [-0.4, -0.2) is 4.57 Å². The van der Waals surface area contributed by atoms with Crippen LogP contribution in [0.5, 0.6) is 0 Å². The van der Waals surface area contributed by atoms with Crippen molar-refractivity contribution in [3.8, 4) is 39.1 Å². The van der Waals surface area contributed by atoms with Gasteiger partial charge in [-0.1, -0.05) is 140 Å². The molecular weight excluding hydrogens is 693 g/mol. The molecule has 0 atom stereocenters. The predicted molar refractivity (Wildman–Crippen MR) is 239 cm³/mol. The lowest BCUT2D eigenvalue weighted by molar-refractivity contribution is 0.669. The molecule has 0 spiro atoms. The number of hydrogen-bond donors (Lipinski definition) is 0. The molecule has 0 aliphatic carbocycles. The van der Waals surface area contributed by atoms with Gasteiger partial charge >= 0.3 is 0 Å². The summed E-state index contributed by atoms with van der Waals surface area (Å²) in [6.07, 6.45) is 0. The van der Waals surface area contributed by atoms with Gasteiger partial charge in [0.15, 0.2) is 0 Å². The third kappa shape index (κ3) is 5.76. The van der Waals surface area contributed by atoms with Gasteiger partial charge < -0.3 is 13.9 Å². The van der Waals surface area contributed by atoms with Crippen molar-refractivity contribution in [2.45, 2.75) is 0 Å². The standard InChI is InChI=1S/C54H36N2O/c1-2-10-37(11-3-1)38-18-20-39(21-19-38)40-22-27-43(28-23-40)55(44-29-24-41(25-30-44)42-26-35-50-49-14-6-9-17-53(49)57-54(50)36-42)45-31-33-46(34-32-45)56-51-15-7-4-12-47(51)48-13-5-8-16-52(48)56/h1-36H. The Bertz CT molecular complexity index is 3140. The molecule has 0 N–H and O–H groups in total. The van der Waals surface area contributed by atoms with Crippen LogP contribution < -0.4 is 4.90 Å². The first-order valence-electron chi connectivity index (χ1n) is 19.4. The van der Waals surface area contributed by atoms with Gasteiger partial charge in [-0.25, -0.2) is 0 Å². The smallest absolute Gasteiger partial charge is 0.136 e. The summed E-state index contributed by atoms with van der Waals surface area (Å²) in [7, 11) is 0. The second kappa shape index (κ2) is 13.6. The zero-order valence-electron chi connectivity index (χ0n) is 31.1. The highest BCUT2D eigenvalue weighted by atomic mass is 16.3. The first-order chi connectivity index (χ1) is 28.2. The minimum atomic E-state index is 0.900. The average molecular weight is 729 g/mol. The molecule has 11 rings (SSSR count). The molecule has 2 heterocycles. The van der Waals surface area contributed by atoms with Crippen molar-refractivity contribution >= 4 is 60.8 Å². The summed E-state index contributed by atoms with van der Waals surface area (Å²) in [5, 5.41) is 4.79. The van der Waals surface area contributed by atoms with Crippen LogP contribution in [0.1, 0.15) is 0 Å². The molecule has 0 aliphatic rings. The number of furan rings is 1. The van der Waals surface area contributed by atoms with Crippen LogP contribution in [0.25, 0.3) is 82.8 Å². The molecule has 0 amide bonds. The fourth-order valence-electron chi connectivity index (χ4n) is 8.40. The predicted octanol–water partition coefficient (Wildman–Crippen LogP) is 15.2. The van der Waals surface area contributed by atoms with Gasteiger partial charge in [0.2, 0.25) is 0 Å². The van der Waals surface area contributed by atoms with Gasteiger partial charge in [0.05, 0.1) is 11.0 Å². The van der Waals surface area contributed by atoms with Crippen molar-refractivity contribution in [2.24, 2.45) is 0 Å². The molecular formula is C54H36N2O. The Hall–Kier alpha value is -7.62. The minimum Gasteiger partial charge on any atom is -0.456 e. The van der Waals surface area contributed by atoms with E-state index in [1.807, 2.05) is 12.1 Å². The van der Waals surface area contributed by atoms with Crippen molar-refractivity contribution in [1.29, 1.82) is 0 Å². The van der Waals surface area contributed by atoms with E-state index in [9.17, 15) is 0 Å². The SMILES string of the molecule is c1ccc(-c2ccc(-c3ccc(N(c4ccc(-c5ccc6c(c5)oc5ccccc56)cc4)c4ccc(-n5c6ccccc6c6ccccc65)cc4)cc3)cc2)cc1. The monoisotopic (exact) mass is 728 g/mol. The number of fused-ring (bicyclic) bond motifs is 6. The molecule has 0 aliphatic heterocycles. The summed E-state index contributed by atoms with van der Waals surface area (Å²) in [4.78, 5) is 2.34. The van der Waals surface area contributed by atoms with Crippen molar-refractivity contribution < 1.29 is 4.42 Å². The van der Waals surface area contributed by atoms with E-state index >= 15 is 0 Å². The second-order valence-electron chi connectivity index (χ2n) is 14.6. The molecule has 0 fully saturated rings. The maximum absolute atomic E-state index is 6.23. The Morgan fingerprint density at radius 1 is 0.298 bits per heavy atom. The normalized spacial score (nSPS) is 11.5. The largest absolute Gasteiger partial charge is 0.456 e. The lowest BCUT2D eigenvalue weighted by atomic mass is 10.00. The number of anilines is 3. The fraction of sp³-hybridized carbons (Fsp3) is 0. The minimum absolute atomic E-state index is 0.900. The summed E-state index contributed by atoms with van der Waals surface area (Å²) >= 11 is 0. The summed E-state index contributed by atoms with van der Waals surface area (Å²) in [5.41, 5.74) is 15.6. The summed E-state index contributed by atoms with van der Waals surface area (Å²) in [5.74, 6) is 0. The summed E-state index contributed by atoms with van der Waals surface area (Å²) < 4.78 is 8.60. The van der Waals surface area contributed by atoms with Gasteiger partial charge in [0.25, 0.3) is 0 Å². The zero-order chi connectivity index (χ0) is 37.7. The molecule has 9 aromatic carbocycles. The van der Waals surface area contributed by atoms with E-state index < -0.39 is 0 Å². The van der Waals surface area contributed by atoms with Crippen LogP contribution >= 0.6 is 0 Å². The van der Waals surface area contributed by atoms with E-state index in [-0.39, 0.29) is 0 Å². The number of nitrogens with zero attached hydrogens (tertiary/aromatic N) is 2. The number of benzene rings is 9. The van der Waals surface area contributed by atoms with Crippen LogP contribution in [0, 0.1) is 0 Å². The number of aromatic nitrogens is 1. The molecule has 2 aromatic heterocycles. The van der Waals surface area contributed by atoms with Gasteiger partial charge in [-0.15, -0.1) is 0 Å². The van der Waals surface area contributed by atoms with Gasteiger partial charge in [-0.3, -0.25) is 0 Å². The molecule has 3 heteroatoms. The molecule has 0 saturated heterocycles. The maximum atomic E-state index is 6.23.